The van der Waals surface area contributed by atoms with Crippen molar-refractivity contribution in [2.24, 2.45) is 0 Å². The Morgan fingerprint density at radius 2 is 0.959 bits per heavy atom. The van der Waals surface area contributed by atoms with Crippen LogP contribution in [0, 0.1) is 22.7 Å². The van der Waals surface area contributed by atoms with Gasteiger partial charge in [-0.05, 0) is 60.7 Å². The minimum Gasteiger partial charge on any atom is -0.309 e. The first-order valence-electron chi connectivity index (χ1n) is 16.1. The smallest absolute Gasteiger partial charge is 0.0991 e. The van der Waals surface area contributed by atoms with E-state index in [0.717, 1.165) is 66.1 Å². The number of hydrogen-bond acceptors (Lipinski definition) is 3. The Hall–Kier alpha value is -6.66. The Kier molecular flexibility index (Phi) is 5.84. The second kappa shape index (κ2) is 10.4. The van der Waals surface area contributed by atoms with Gasteiger partial charge in [0.25, 0.3) is 0 Å². The predicted octanol–water partition coefficient (Wildman–Crippen LogP) is 11.7. The zero-order chi connectivity index (χ0) is 32.6. The molecule has 4 nitrogen and oxygen atoms in total. The average Bonchev–Trinajstić information content (AvgIpc) is 3.82. The van der Waals surface area contributed by atoms with E-state index in [2.05, 4.69) is 143 Å². The quantitative estimate of drug-likeness (QED) is 0.193. The van der Waals surface area contributed by atoms with Crippen molar-refractivity contribution in [3.63, 3.8) is 0 Å². The Bertz CT molecular complexity index is 3090. The zero-order valence-electron chi connectivity index (χ0n) is 26.1. The first kappa shape index (κ1) is 27.5. The standard InChI is InChI=1S/C44H24N4S/c45-25-27-17-21-40-35(23-27)31-11-3-6-14-38(31)47(40)37-13-5-1-9-29(37)30-10-2-7-15-39(30)48-41-22-18-28(26-46)24-36(41)33-19-20-34-32-12-4-8-16-42(32)49-44(34)43(33)48/h1-24H. The van der Waals surface area contributed by atoms with Crippen LogP contribution in [0.2, 0.25) is 0 Å². The lowest BCUT2D eigenvalue weighted by atomic mass is 10.0. The second-order valence-electron chi connectivity index (χ2n) is 12.3. The third-order valence-corrected chi connectivity index (χ3v) is 11.0. The van der Waals surface area contributed by atoms with Gasteiger partial charge >= 0.3 is 0 Å². The van der Waals surface area contributed by atoms with Gasteiger partial charge < -0.3 is 9.13 Å². The summed E-state index contributed by atoms with van der Waals surface area (Å²) in [6.07, 6.45) is 0. The van der Waals surface area contributed by atoms with Crippen molar-refractivity contribution < 1.29 is 0 Å². The zero-order valence-corrected chi connectivity index (χ0v) is 26.9. The van der Waals surface area contributed by atoms with Crippen molar-refractivity contribution in [2.45, 2.75) is 0 Å². The molecule has 7 aromatic carbocycles. The Morgan fingerprint density at radius 1 is 0.429 bits per heavy atom. The van der Waals surface area contributed by atoms with E-state index in [-0.39, 0.29) is 0 Å². The van der Waals surface area contributed by atoms with Crippen molar-refractivity contribution in [1.82, 2.24) is 9.13 Å². The number of nitrogens with zero attached hydrogens (tertiary/aromatic N) is 4. The van der Waals surface area contributed by atoms with Crippen LogP contribution in [0.4, 0.5) is 0 Å². The Balaban J connectivity index is 1.32. The first-order valence-corrected chi connectivity index (χ1v) is 17.0. The molecule has 0 atom stereocenters. The molecule has 49 heavy (non-hydrogen) atoms. The molecular weight excluding hydrogens is 617 g/mol. The molecule has 0 aliphatic rings. The van der Waals surface area contributed by atoms with Crippen molar-refractivity contribution in [1.29, 1.82) is 10.5 Å². The molecule has 10 aromatic rings. The summed E-state index contributed by atoms with van der Waals surface area (Å²) in [5.41, 5.74) is 9.96. The normalized spacial score (nSPS) is 11.6. The molecule has 0 radical (unpaired) electrons. The molecule has 0 saturated heterocycles. The maximum atomic E-state index is 9.88. The van der Waals surface area contributed by atoms with Crippen LogP contribution in [0.1, 0.15) is 11.1 Å². The van der Waals surface area contributed by atoms with Gasteiger partial charge in [0.1, 0.15) is 0 Å². The van der Waals surface area contributed by atoms with Gasteiger partial charge in [0.05, 0.1) is 61.4 Å². The summed E-state index contributed by atoms with van der Waals surface area (Å²) in [7, 11) is 0. The van der Waals surface area contributed by atoms with Gasteiger partial charge in [0, 0.05) is 48.1 Å². The number of hydrogen-bond donors (Lipinski definition) is 0. The van der Waals surface area contributed by atoms with Crippen molar-refractivity contribution in [3.05, 3.63) is 157 Å². The van der Waals surface area contributed by atoms with Crippen molar-refractivity contribution >= 4 is 75.1 Å². The average molecular weight is 641 g/mol. The van der Waals surface area contributed by atoms with Gasteiger partial charge in [-0.1, -0.05) is 84.9 Å². The second-order valence-corrected chi connectivity index (χ2v) is 13.4. The molecule has 0 bridgehead atoms. The van der Waals surface area contributed by atoms with Crippen LogP contribution < -0.4 is 0 Å². The molecule has 0 spiro atoms. The van der Waals surface area contributed by atoms with Crippen molar-refractivity contribution in [3.8, 4) is 34.6 Å². The lowest BCUT2D eigenvalue weighted by Crippen LogP contribution is -2.01. The first-order chi connectivity index (χ1) is 24.2. The van der Waals surface area contributed by atoms with Gasteiger partial charge in [-0.3, -0.25) is 0 Å². The topological polar surface area (TPSA) is 57.4 Å². The van der Waals surface area contributed by atoms with Crippen LogP contribution in [0.25, 0.3) is 86.3 Å². The van der Waals surface area contributed by atoms with Gasteiger partial charge in [0.2, 0.25) is 0 Å². The van der Waals surface area contributed by atoms with Crippen LogP contribution in [-0.4, -0.2) is 9.13 Å². The minimum absolute atomic E-state index is 0.646. The summed E-state index contributed by atoms with van der Waals surface area (Å²) in [6.45, 7) is 0. The lowest BCUT2D eigenvalue weighted by Gasteiger charge is -2.18. The molecule has 0 unspecified atom stereocenters. The van der Waals surface area contributed by atoms with E-state index >= 15 is 0 Å². The van der Waals surface area contributed by atoms with Gasteiger partial charge in [-0.2, -0.15) is 10.5 Å². The number of para-hydroxylation sites is 3. The van der Waals surface area contributed by atoms with E-state index in [0.29, 0.717) is 11.1 Å². The maximum absolute atomic E-state index is 9.88. The highest BCUT2D eigenvalue weighted by Gasteiger charge is 2.22. The number of benzene rings is 7. The predicted molar refractivity (Wildman–Crippen MR) is 203 cm³/mol. The fourth-order valence-corrected chi connectivity index (χ4v) is 8.94. The van der Waals surface area contributed by atoms with Crippen LogP contribution in [-0.2, 0) is 0 Å². The van der Waals surface area contributed by atoms with Gasteiger partial charge in [0.15, 0.2) is 0 Å². The Labute approximate surface area is 285 Å². The summed E-state index contributed by atoms with van der Waals surface area (Å²) >= 11 is 1.82. The summed E-state index contributed by atoms with van der Waals surface area (Å²) in [5.74, 6) is 0. The highest BCUT2D eigenvalue weighted by Crippen LogP contribution is 2.45. The van der Waals surface area contributed by atoms with Gasteiger partial charge in [-0.25, -0.2) is 0 Å². The lowest BCUT2D eigenvalue weighted by molar-refractivity contribution is 1.16. The van der Waals surface area contributed by atoms with E-state index in [1.165, 1.54) is 20.2 Å². The molecular formula is C44H24N4S. The SMILES string of the molecule is N#Cc1ccc2c(c1)c1ccccc1n2-c1ccccc1-c1ccccc1-n1c2ccc(C#N)cc2c2ccc3c4ccccc4sc3c21. The summed E-state index contributed by atoms with van der Waals surface area (Å²) in [4.78, 5) is 0. The number of rotatable bonds is 3. The molecule has 3 aromatic heterocycles. The molecule has 0 fully saturated rings. The number of aromatic nitrogens is 2. The van der Waals surface area contributed by atoms with Crippen LogP contribution in [0.5, 0.6) is 0 Å². The van der Waals surface area contributed by atoms with Gasteiger partial charge in [-0.15, -0.1) is 11.3 Å². The van der Waals surface area contributed by atoms with E-state index < -0.39 is 0 Å². The fraction of sp³-hybridized carbons (Fsp3) is 0. The largest absolute Gasteiger partial charge is 0.309 e. The highest BCUT2D eigenvalue weighted by molar-refractivity contribution is 7.26. The summed E-state index contributed by atoms with van der Waals surface area (Å²) < 4.78 is 7.21. The van der Waals surface area contributed by atoms with E-state index in [1.807, 2.05) is 35.6 Å². The van der Waals surface area contributed by atoms with Crippen LogP contribution in [0.3, 0.4) is 0 Å². The third-order valence-electron chi connectivity index (χ3n) is 9.78. The molecule has 0 N–H and O–H groups in total. The van der Waals surface area contributed by atoms with E-state index in [1.54, 1.807) is 0 Å². The molecule has 5 heteroatoms. The monoisotopic (exact) mass is 640 g/mol. The molecule has 0 saturated carbocycles. The van der Waals surface area contributed by atoms with Crippen LogP contribution in [0.15, 0.2) is 146 Å². The number of fused-ring (bicyclic) bond motifs is 10. The molecule has 10 rings (SSSR count). The summed E-state index contributed by atoms with van der Waals surface area (Å²) in [6, 6.07) is 55.4. The molecule has 0 aliphatic carbocycles. The van der Waals surface area contributed by atoms with E-state index in [4.69, 9.17) is 0 Å². The third kappa shape index (κ3) is 3.88. The number of nitriles is 2. The highest BCUT2D eigenvalue weighted by atomic mass is 32.1. The molecule has 0 amide bonds. The molecule has 3 heterocycles. The van der Waals surface area contributed by atoms with Crippen LogP contribution >= 0.6 is 11.3 Å². The van der Waals surface area contributed by atoms with E-state index in [9.17, 15) is 10.5 Å². The van der Waals surface area contributed by atoms with Crippen molar-refractivity contribution in [2.75, 3.05) is 0 Å². The fourth-order valence-electron chi connectivity index (χ4n) is 7.70. The number of thiophene rings is 1. The minimum atomic E-state index is 0.646. The molecule has 226 valence electrons. The maximum Gasteiger partial charge on any atom is 0.0991 e. The summed E-state index contributed by atoms with van der Waals surface area (Å²) in [5, 5.41) is 26.4. The molecule has 0 aliphatic heterocycles. The Morgan fingerprint density at radius 3 is 1.67 bits per heavy atom.